The van der Waals surface area contributed by atoms with Crippen molar-refractivity contribution in [2.24, 2.45) is 0 Å². The Morgan fingerprint density at radius 3 is 2.43 bits per heavy atom. The Morgan fingerprint density at radius 1 is 1.03 bits per heavy atom. The summed E-state index contributed by atoms with van der Waals surface area (Å²) in [5, 5.41) is 14.8. The molecular formula is C26H27N7O3S. The molecule has 0 radical (unpaired) electrons. The number of thiazole rings is 1. The maximum atomic E-state index is 12.3. The van der Waals surface area contributed by atoms with Crippen LogP contribution in [-0.2, 0) is 15.1 Å². The Labute approximate surface area is 217 Å². The first-order chi connectivity index (χ1) is 17.7. The fourth-order valence-corrected chi connectivity index (χ4v) is 4.30. The molecule has 2 aromatic heterocycles. The average molecular weight is 518 g/mol. The number of likely N-dealkylation sites (N-methyl/N-ethyl adjacent to an activating group) is 1. The lowest BCUT2D eigenvalue weighted by Gasteiger charge is -2.23. The molecule has 0 aliphatic heterocycles. The van der Waals surface area contributed by atoms with Crippen molar-refractivity contribution >= 4 is 39.9 Å². The molecule has 0 saturated carbocycles. The van der Waals surface area contributed by atoms with Gasteiger partial charge >= 0.3 is 0 Å². The molecule has 0 fully saturated rings. The molecule has 0 aliphatic carbocycles. The van der Waals surface area contributed by atoms with Crippen molar-refractivity contribution < 1.29 is 14.4 Å². The molecule has 0 spiro atoms. The van der Waals surface area contributed by atoms with E-state index in [1.165, 1.54) is 11.3 Å². The van der Waals surface area contributed by atoms with Crippen LogP contribution >= 0.6 is 11.3 Å². The van der Waals surface area contributed by atoms with E-state index in [9.17, 15) is 14.4 Å². The number of hydrogen-bond acceptors (Lipinski definition) is 7. The van der Waals surface area contributed by atoms with Crippen LogP contribution in [0.15, 0.2) is 66.2 Å². The molecule has 2 heterocycles. The van der Waals surface area contributed by atoms with Crippen LogP contribution in [0.1, 0.15) is 24.2 Å². The summed E-state index contributed by atoms with van der Waals surface area (Å²) >= 11 is 1.29. The lowest BCUT2D eigenvalue weighted by molar-refractivity contribution is -0.128. The summed E-state index contributed by atoms with van der Waals surface area (Å²) in [6, 6.07) is 16.0. The van der Waals surface area contributed by atoms with Crippen LogP contribution in [0.3, 0.4) is 0 Å². The topological polar surface area (TPSA) is 144 Å². The van der Waals surface area contributed by atoms with E-state index in [0.29, 0.717) is 22.1 Å². The maximum absolute atomic E-state index is 12.3. The number of nitrogen functional groups attached to an aromatic ring is 1. The minimum atomic E-state index is -0.832. The smallest absolute Gasteiger partial charge is 0.251 e. The number of carbonyl (C=O) groups excluding carboxylic acids is 3. The summed E-state index contributed by atoms with van der Waals surface area (Å²) in [5.74, 6) is -0.895. The monoisotopic (exact) mass is 517 g/mol. The lowest BCUT2D eigenvalue weighted by Crippen LogP contribution is -2.43. The van der Waals surface area contributed by atoms with Gasteiger partial charge in [-0.1, -0.05) is 18.2 Å². The highest BCUT2D eigenvalue weighted by Gasteiger charge is 2.29. The molecule has 3 amide bonds. The van der Waals surface area contributed by atoms with Crippen molar-refractivity contribution in [1.82, 2.24) is 25.4 Å². The molecule has 11 heteroatoms. The molecule has 0 saturated heterocycles. The zero-order valence-electron chi connectivity index (χ0n) is 20.6. The third kappa shape index (κ3) is 5.84. The largest absolute Gasteiger partial charge is 0.399 e. The van der Waals surface area contributed by atoms with Crippen molar-refractivity contribution in [3.05, 3.63) is 71.7 Å². The summed E-state index contributed by atoms with van der Waals surface area (Å²) in [6.45, 7) is 3.41. The van der Waals surface area contributed by atoms with E-state index in [1.807, 2.05) is 35.7 Å². The number of rotatable bonds is 8. The number of anilines is 2. The lowest BCUT2D eigenvalue weighted by atomic mass is 10.1. The van der Waals surface area contributed by atoms with E-state index in [4.69, 9.17) is 5.73 Å². The van der Waals surface area contributed by atoms with Crippen molar-refractivity contribution in [3.63, 3.8) is 0 Å². The number of nitrogens with one attached hydrogen (secondary N) is 3. The molecule has 10 nitrogen and oxygen atoms in total. The van der Waals surface area contributed by atoms with Gasteiger partial charge in [0.1, 0.15) is 5.54 Å². The van der Waals surface area contributed by atoms with Crippen molar-refractivity contribution in [2.45, 2.75) is 19.4 Å². The van der Waals surface area contributed by atoms with Gasteiger partial charge in [0.15, 0.2) is 5.13 Å². The van der Waals surface area contributed by atoms with Crippen LogP contribution in [0.5, 0.6) is 0 Å². The van der Waals surface area contributed by atoms with Gasteiger partial charge in [0.2, 0.25) is 11.8 Å². The summed E-state index contributed by atoms with van der Waals surface area (Å²) in [4.78, 5) is 41.2. The molecule has 37 heavy (non-hydrogen) atoms. The molecule has 190 valence electrons. The SMILES string of the molecule is CNC(=O)C(C)(C)n1ccc(-c2cccc(-c3csc(NC(=O)CNC(=O)c4ccc(N)cc4)n3)c2)n1. The predicted molar refractivity (Wildman–Crippen MR) is 144 cm³/mol. The van der Waals surface area contributed by atoms with Crippen molar-refractivity contribution in [1.29, 1.82) is 0 Å². The Kier molecular flexibility index (Phi) is 7.35. The normalized spacial score (nSPS) is 11.1. The van der Waals surface area contributed by atoms with E-state index >= 15 is 0 Å². The van der Waals surface area contributed by atoms with Gasteiger partial charge < -0.3 is 21.7 Å². The van der Waals surface area contributed by atoms with Crippen LogP contribution in [0.4, 0.5) is 10.8 Å². The molecule has 4 rings (SSSR count). The molecule has 0 atom stereocenters. The van der Waals surface area contributed by atoms with Crippen LogP contribution < -0.4 is 21.7 Å². The Bertz CT molecular complexity index is 1440. The number of carbonyl (C=O) groups is 3. The van der Waals surface area contributed by atoms with Crippen molar-refractivity contribution in [2.75, 3.05) is 24.6 Å². The number of nitrogens with zero attached hydrogens (tertiary/aromatic N) is 3. The van der Waals surface area contributed by atoms with E-state index in [1.54, 1.807) is 56.0 Å². The highest BCUT2D eigenvalue weighted by molar-refractivity contribution is 7.14. The van der Waals surface area contributed by atoms with E-state index in [-0.39, 0.29) is 24.3 Å². The predicted octanol–water partition coefficient (Wildman–Crippen LogP) is 3.11. The zero-order valence-corrected chi connectivity index (χ0v) is 21.4. The maximum Gasteiger partial charge on any atom is 0.251 e. The molecule has 2 aromatic carbocycles. The van der Waals surface area contributed by atoms with Gasteiger partial charge in [-0.3, -0.25) is 19.1 Å². The molecule has 4 aromatic rings. The standard InChI is InChI=1S/C26H27N7O3S/c1-26(2,24(36)28-3)33-12-11-20(32-33)17-5-4-6-18(13-17)21-15-37-25(30-21)31-22(34)14-29-23(35)16-7-9-19(27)10-8-16/h4-13,15H,14,27H2,1-3H3,(H,28,36)(H,29,35)(H,30,31,34). The van der Waals surface area contributed by atoms with Gasteiger partial charge in [-0.15, -0.1) is 11.3 Å². The summed E-state index contributed by atoms with van der Waals surface area (Å²) < 4.78 is 1.64. The number of benzene rings is 2. The van der Waals surface area contributed by atoms with Gasteiger partial charge in [-0.2, -0.15) is 5.10 Å². The molecular weight excluding hydrogens is 490 g/mol. The number of hydrogen-bond donors (Lipinski definition) is 4. The highest BCUT2D eigenvalue weighted by atomic mass is 32.1. The first kappa shape index (κ1) is 25.6. The Morgan fingerprint density at radius 2 is 1.73 bits per heavy atom. The third-order valence-corrected chi connectivity index (χ3v) is 6.49. The first-order valence-electron chi connectivity index (χ1n) is 11.5. The fraction of sp³-hybridized carbons (Fsp3) is 0.192. The van der Waals surface area contributed by atoms with Crippen LogP contribution in [0, 0.1) is 0 Å². The first-order valence-corrected chi connectivity index (χ1v) is 12.3. The fourth-order valence-electron chi connectivity index (χ4n) is 3.56. The second-order valence-corrected chi connectivity index (χ2v) is 9.61. The highest BCUT2D eigenvalue weighted by Crippen LogP contribution is 2.29. The van der Waals surface area contributed by atoms with E-state index < -0.39 is 5.54 Å². The number of nitrogens with two attached hydrogens (primary N) is 1. The van der Waals surface area contributed by atoms with Gasteiger partial charge in [0.25, 0.3) is 5.91 Å². The van der Waals surface area contributed by atoms with Crippen LogP contribution in [0.25, 0.3) is 22.5 Å². The molecule has 0 aliphatic rings. The van der Waals surface area contributed by atoms with E-state index in [0.717, 1.165) is 16.8 Å². The quantitative estimate of drug-likeness (QED) is 0.264. The van der Waals surface area contributed by atoms with Gasteiger partial charge in [-0.25, -0.2) is 4.98 Å². The number of amides is 3. The Balaban J connectivity index is 1.40. The van der Waals surface area contributed by atoms with Crippen LogP contribution in [0.2, 0.25) is 0 Å². The van der Waals surface area contributed by atoms with Crippen molar-refractivity contribution in [3.8, 4) is 22.5 Å². The summed E-state index contributed by atoms with van der Waals surface area (Å²) in [5.41, 5.74) is 8.90. The molecule has 0 bridgehead atoms. The summed E-state index contributed by atoms with van der Waals surface area (Å²) in [6.07, 6.45) is 1.78. The van der Waals surface area contributed by atoms with Gasteiger partial charge in [0, 0.05) is 41.0 Å². The second kappa shape index (κ2) is 10.6. The minimum absolute atomic E-state index is 0.141. The van der Waals surface area contributed by atoms with Gasteiger partial charge in [-0.05, 0) is 50.2 Å². The Hall–Kier alpha value is -4.51. The summed E-state index contributed by atoms with van der Waals surface area (Å²) in [7, 11) is 1.60. The number of aromatic nitrogens is 3. The average Bonchev–Trinajstić information content (AvgIpc) is 3.58. The molecule has 0 unspecified atom stereocenters. The molecule has 5 N–H and O–H groups in total. The van der Waals surface area contributed by atoms with Crippen LogP contribution in [-0.4, -0.2) is 46.1 Å². The van der Waals surface area contributed by atoms with Gasteiger partial charge in [0.05, 0.1) is 17.9 Å². The second-order valence-electron chi connectivity index (χ2n) is 8.76. The third-order valence-electron chi connectivity index (χ3n) is 5.73. The minimum Gasteiger partial charge on any atom is -0.399 e. The van der Waals surface area contributed by atoms with E-state index in [2.05, 4.69) is 26.0 Å². The zero-order chi connectivity index (χ0) is 26.6.